The molecule has 2 aliphatic rings. The molecule has 19 heavy (non-hydrogen) atoms. The fourth-order valence-electron chi connectivity index (χ4n) is 3.79. The Morgan fingerprint density at radius 2 is 2.26 bits per heavy atom. The molecule has 0 aromatic heterocycles. The van der Waals surface area contributed by atoms with Crippen LogP contribution in [-0.4, -0.2) is 25.7 Å². The Morgan fingerprint density at radius 1 is 1.42 bits per heavy atom. The van der Waals surface area contributed by atoms with Crippen LogP contribution < -0.4 is 10.2 Å². The second kappa shape index (κ2) is 4.86. The molecule has 3 atom stereocenters. The number of hydrogen-bond acceptors (Lipinski definition) is 3. The van der Waals surface area contributed by atoms with Crippen molar-refractivity contribution in [1.29, 1.82) is 5.26 Å². The van der Waals surface area contributed by atoms with Gasteiger partial charge in [-0.1, -0.05) is 6.92 Å². The van der Waals surface area contributed by atoms with E-state index < -0.39 is 0 Å². The van der Waals surface area contributed by atoms with Gasteiger partial charge in [-0.3, -0.25) is 0 Å². The van der Waals surface area contributed by atoms with Crippen molar-refractivity contribution in [2.75, 3.05) is 24.5 Å². The van der Waals surface area contributed by atoms with Crippen molar-refractivity contribution in [1.82, 2.24) is 5.32 Å². The topological polar surface area (TPSA) is 39.1 Å². The molecule has 0 saturated carbocycles. The van der Waals surface area contributed by atoms with Gasteiger partial charge in [-0.2, -0.15) is 5.26 Å². The summed E-state index contributed by atoms with van der Waals surface area (Å²) in [5.41, 5.74) is 3.17. The average molecular weight is 255 g/mol. The van der Waals surface area contributed by atoms with Gasteiger partial charge in [0, 0.05) is 31.4 Å². The third-order valence-corrected chi connectivity index (χ3v) is 4.80. The maximum Gasteiger partial charge on any atom is 0.0994 e. The number of hydrogen-bond donors (Lipinski definition) is 1. The van der Waals surface area contributed by atoms with Crippen molar-refractivity contribution in [2.24, 2.45) is 11.8 Å². The maximum absolute atomic E-state index is 9.03. The van der Waals surface area contributed by atoms with Gasteiger partial charge in [0.25, 0.3) is 0 Å². The van der Waals surface area contributed by atoms with Crippen LogP contribution in [0.2, 0.25) is 0 Å². The maximum atomic E-state index is 9.03. The van der Waals surface area contributed by atoms with Gasteiger partial charge >= 0.3 is 0 Å². The first-order valence-corrected chi connectivity index (χ1v) is 7.22. The minimum atomic E-state index is 0.646. The van der Waals surface area contributed by atoms with E-state index in [4.69, 9.17) is 5.26 Å². The van der Waals surface area contributed by atoms with Crippen LogP contribution in [-0.2, 0) is 0 Å². The third kappa shape index (κ3) is 2.01. The molecule has 3 rings (SSSR count). The summed E-state index contributed by atoms with van der Waals surface area (Å²) in [6, 6.07) is 9.15. The monoisotopic (exact) mass is 255 g/mol. The number of rotatable bonds is 2. The first-order chi connectivity index (χ1) is 9.24. The molecule has 1 N–H and O–H groups in total. The van der Waals surface area contributed by atoms with Gasteiger partial charge in [0.05, 0.1) is 11.6 Å². The lowest BCUT2D eigenvalue weighted by molar-refractivity contribution is 0.442. The SMILES string of the molecule is CCC1C2CNCC2CN1c1ccc(C#N)c(C)c1. The molecule has 3 heteroatoms. The van der Waals surface area contributed by atoms with Gasteiger partial charge in [0.2, 0.25) is 0 Å². The Hall–Kier alpha value is -1.53. The molecule has 0 bridgehead atoms. The van der Waals surface area contributed by atoms with Crippen molar-refractivity contribution in [3.05, 3.63) is 29.3 Å². The van der Waals surface area contributed by atoms with E-state index in [9.17, 15) is 0 Å². The molecule has 0 spiro atoms. The Bertz CT molecular complexity index is 517. The number of fused-ring (bicyclic) bond motifs is 1. The molecule has 0 aliphatic carbocycles. The minimum Gasteiger partial charge on any atom is -0.368 e. The first kappa shape index (κ1) is 12.5. The highest BCUT2D eigenvalue weighted by Crippen LogP contribution is 2.37. The van der Waals surface area contributed by atoms with Gasteiger partial charge in [0.15, 0.2) is 0 Å². The molecule has 0 amide bonds. The second-order valence-corrected chi connectivity index (χ2v) is 5.82. The standard InChI is InChI=1S/C16H21N3/c1-3-16-15-9-18-8-13(15)10-19(16)14-5-4-12(7-17)11(2)6-14/h4-6,13,15-16,18H,3,8-10H2,1-2H3. The zero-order valence-corrected chi connectivity index (χ0v) is 11.7. The van der Waals surface area contributed by atoms with E-state index in [1.165, 1.54) is 12.1 Å². The largest absolute Gasteiger partial charge is 0.368 e. The number of benzene rings is 1. The molecule has 3 unspecified atom stereocenters. The van der Waals surface area contributed by atoms with Crippen molar-refractivity contribution in [2.45, 2.75) is 26.3 Å². The van der Waals surface area contributed by atoms with Crippen LogP contribution in [0.15, 0.2) is 18.2 Å². The molecule has 1 aromatic carbocycles. The highest BCUT2D eigenvalue weighted by Gasteiger charge is 2.43. The van der Waals surface area contributed by atoms with E-state index in [-0.39, 0.29) is 0 Å². The summed E-state index contributed by atoms with van der Waals surface area (Å²) in [4.78, 5) is 2.56. The molecular formula is C16H21N3. The van der Waals surface area contributed by atoms with Crippen molar-refractivity contribution in [3.63, 3.8) is 0 Å². The van der Waals surface area contributed by atoms with Crippen LogP contribution in [0.3, 0.4) is 0 Å². The number of nitrogens with one attached hydrogen (secondary N) is 1. The molecule has 2 aliphatic heterocycles. The summed E-state index contributed by atoms with van der Waals surface area (Å²) >= 11 is 0. The van der Waals surface area contributed by atoms with Crippen LogP contribution >= 0.6 is 0 Å². The van der Waals surface area contributed by atoms with E-state index in [0.29, 0.717) is 6.04 Å². The summed E-state index contributed by atoms with van der Waals surface area (Å²) in [5, 5.41) is 12.6. The van der Waals surface area contributed by atoms with Crippen LogP contribution in [0.25, 0.3) is 0 Å². The first-order valence-electron chi connectivity index (χ1n) is 7.22. The summed E-state index contributed by atoms with van der Waals surface area (Å²) < 4.78 is 0. The molecule has 3 nitrogen and oxygen atoms in total. The Labute approximate surface area is 115 Å². The zero-order valence-electron chi connectivity index (χ0n) is 11.7. The van der Waals surface area contributed by atoms with Crippen LogP contribution in [0, 0.1) is 30.1 Å². The lowest BCUT2D eigenvalue weighted by Gasteiger charge is -2.29. The number of aryl methyl sites for hydroxylation is 1. The molecule has 2 fully saturated rings. The smallest absolute Gasteiger partial charge is 0.0994 e. The van der Waals surface area contributed by atoms with Crippen molar-refractivity contribution < 1.29 is 0 Å². The van der Waals surface area contributed by atoms with Gasteiger partial charge < -0.3 is 10.2 Å². The molecule has 2 saturated heterocycles. The fourth-order valence-corrected chi connectivity index (χ4v) is 3.79. The molecular weight excluding hydrogens is 234 g/mol. The number of anilines is 1. The zero-order chi connectivity index (χ0) is 13.4. The van der Waals surface area contributed by atoms with E-state index in [0.717, 1.165) is 42.6 Å². The van der Waals surface area contributed by atoms with E-state index in [2.05, 4.69) is 35.3 Å². The summed E-state index contributed by atoms with van der Waals surface area (Å²) in [7, 11) is 0. The highest BCUT2D eigenvalue weighted by atomic mass is 15.2. The van der Waals surface area contributed by atoms with Crippen LogP contribution in [0.4, 0.5) is 5.69 Å². The van der Waals surface area contributed by atoms with Gasteiger partial charge in [-0.25, -0.2) is 0 Å². The van der Waals surface area contributed by atoms with Crippen molar-refractivity contribution in [3.8, 4) is 6.07 Å². The van der Waals surface area contributed by atoms with Gasteiger partial charge in [0.1, 0.15) is 0 Å². The summed E-state index contributed by atoms with van der Waals surface area (Å²) in [6.45, 7) is 7.79. The Kier molecular flexibility index (Phi) is 3.20. The predicted octanol–water partition coefficient (Wildman–Crippen LogP) is 2.30. The number of nitrogens with zero attached hydrogens (tertiary/aromatic N) is 2. The van der Waals surface area contributed by atoms with Crippen LogP contribution in [0.1, 0.15) is 24.5 Å². The summed E-state index contributed by atoms with van der Waals surface area (Å²) in [6.07, 6.45) is 1.20. The van der Waals surface area contributed by atoms with Gasteiger partial charge in [-0.15, -0.1) is 0 Å². The normalized spacial score (nSPS) is 29.3. The minimum absolute atomic E-state index is 0.646. The summed E-state index contributed by atoms with van der Waals surface area (Å²) in [5.74, 6) is 1.59. The fraction of sp³-hybridized carbons (Fsp3) is 0.562. The van der Waals surface area contributed by atoms with E-state index in [1.54, 1.807) is 0 Å². The third-order valence-electron chi connectivity index (χ3n) is 4.80. The van der Waals surface area contributed by atoms with Gasteiger partial charge in [-0.05, 0) is 48.9 Å². The molecule has 2 heterocycles. The quantitative estimate of drug-likeness (QED) is 0.881. The van der Waals surface area contributed by atoms with Crippen molar-refractivity contribution >= 4 is 5.69 Å². The van der Waals surface area contributed by atoms with E-state index >= 15 is 0 Å². The average Bonchev–Trinajstić information content (AvgIpc) is 2.98. The molecule has 0 radical (unpaired) electrons. The Morgan fingerprint density at radius 3 is 2.95 bits per heavy atom. The lowest BCUT2D eigenvalue weighted by Crippen LogP contribution is -2.35. The molecule has 1 aromatic rings. The number of nitriles is 1. The predicted molar refractivity (Wildman–Crippen MR) is 77.2 cm³/mol. The van der Waals surface area contributed by atoms with E-state index in [1.807, 2.05) is 13.0 Å². The second-order valence-electron chi connectivity index (χ2n) is 5.82. The Balaban J connectivity index is 1.90. The lowest BCUT2D eigenvalue weighted by atomic mass is 9.93. The highest BCUT2D eigenvalue weighted by molar-refractivity contribution is 5.55. The van der Waals surface area contributed by atoms with Crippen LogP contribution in [0.5, 0.6) is 0 Å². The molecule has 100 valence electrons.